The summed E-state index contributed by atoms with van der Waals surface area (Å²) >= 11 is 0. The molecule has 0 saturated heterocycles. The van der Waals surface area contributed by atoms with E-state index in [0.717, 1.165) is 57.8 Å². The molecule has 0 aliphatic rings. The van der Waals surface area contributed by atoms with Crippen molar-refractivity contribution in [2.24, 2.45) is 0 Å². The molecule has 0 bridgehead atoms. The van der Waals surface area contributed by atoms with Gasteiger partial charge in [0.1, 0.15) is 0 Å². The van der Waals surface area contributed by atoms with Crippen LogP contribution in [-0.2, 0) is 27.9 Å². The molecule has 0 aliphatic heterocycles. The van der Waals surface area contributed by atoms with E-state index in [4.69, 9.17) is 18.3 Å². The second-order valence-corrected chi connectivity index (χ2v) is 16.8. The van der Waals surface area contributed by atoms with Crippen molar-refractivity contribution in [3.63, 3.8) is 0 Å². The lowest BCUT2D eigenvalue weighted by Gasteiger charge is -2.18. The van der Waals surface area contributed by atoms with Gasteiger partial charge in [-0.2, -0.15) is 0 Å². The molecule has 0 aliphatic carbocycles. The van der Waals surface area contributed by atoms with Gasteiger partial charge in [-0.15, -0.1) is 0 Å². The summed E-state index contributed by atoms with van der Waals surface area (Å²) < 4.78 is 16.7. The molecule has 0 aromatic carbocycles. The molecule has 304 valence electrons. The Morgan fingerprint density at radius 3 is 0.941 bits per heavy atom. The molecule has 0 saturated carbocycles. The first-order chi connectivity index (χ1) is 25.0. The zero-order chi connectivity index (χ0) is 37.3. The molecule has 6 nitrogen and oxygen atoms in total. The van der Waals surface area contributed by atoms with E-state index in [0.29, 0.717) is 12.8 Å². The minimum absolute atomic E-state index is 0.139. The van der Waals surface area contributed by atoms with Crippen LogP contribution in [0.5, 0.6) is 0 Å². The molecule has 7 heteroatoms. The third kappa shape index (κ3) is 40.1. The predicted octanol–water partition coefficient (Wildman–Crippen LogP) is 14.6. The third-order valence-electron chi connectivity index (χ3n) is 10.2. The highest BCUT2D eigenvalue weighted by atomic mass is 28.3. The quantitative estimate of drug-likeness (QED) is 0.0269. The molecule has 1 unspecified atom stereocenters. The van der Waals surface area contributed by atoms with Crippen molar-refractivity contribution in [3.8, 4) is 0 Å². The number of carbonyl (C=O) groups excluding carboxylic acids is 2. The van der Waals surface area contributed by atoms with Gasteiger partial charge in [-0.05, 0) is 26.2 Å². The van der Waals surface area contributed by atoms with E-state index in [1.165, 1.54) is 167 Å². The highest BCUT2D eigenvalue weighted by molar-refractivity contribution is 6.41. The fourth-order valence-electron chi connectivity index (χ4n) is 6.72. The van der Waals surface area contributed by atoms with Crippen LogP contribution in [0, 0.1) is 0 Å². The average Bonchev–Trinajstić information content (AvgIpc) is 3.12. The van der Waals surface area contributed by atoms with Crippen molar-refractivity contribution in [2.45, 2.75) is 271 Å². The van der Waals surface area contributed by atoms with Gasteiger partial charge in [-0.1, -0.05) is 226 Å². The molecule has 0 radical (unpaired) electrons. The molecule has 1 atom stereocenters. The van der Waals surface area contributed by atoms with Gasteiger partial charge in [-0.3, -0.25) is 9.59 Å². The van der Waals surface area contributed by atoms with Crippen molar-refractivity contribution in [3.05, 3.63) is 0 Å². The predicted molar refractivity (Wildman–Crippen MR) is 219 cm³/mol. The van der Waals surface area contributed by atoms with E-state index >= 15 is 0 Å². The lowest BCUT2D eigenvalue weighted by molar-refractivity contribution is -0.268. The number of hydrogen-bond acceptors (Lipinski definition) is 6. The number of carbonyl (C=O) groups is 2. The van der Waals surface area contributed by atoms with Crippen molar-refractivity contribution in [2.75, 3.05) is 0 Å². The molecular weight excluding hydrogens is 653 g/mol. The lowest BCUT2D eigenvalue weighted by atomic mass is 10.0. The first kappa shape index (κ1) is 50.1. The van der Waals surface area contributed by atoms with Gasteiger partial charge in [-0.25, -0.2) is 9.46 Å². The van der Waals surface area contributed by atoms with Crippen LogP contribution in [0.2, 0.25) is 0 Å². The first-order valence-electron chi connectivity index (χ1n) is 22.7. The summed E-state index contributed by atoms with van der Waals surface area (Å²) in [6, 6.07) is 0. The molecule has 0 amide bonds. The minimum atomic E-state index is -3.06. The van der Waals surface area contributed by atoms with Gasteiger partial charge in [0.25, 0.3) is 11.9 Å². The van der Waals surface area contributed by atoms with Crippen LogP contribution in [0.1, 0.15) is 265 Å². The third-order valence-corrected chi connectivity index (χ3v) is 11.4. The second-order valence-electron chi connectivity index (χ2n) is 15.5. The zero-order valence-corrected chi connectivity index (χ0v) is 35.9. The molecular formula is C44H88O6Si. The van der Waals surface area contributed by atoms with Gasteiger partial charge in [0.05, 0.1) is 6.10 Å². The maximum absolute atomic E-state index is 12.7. The summed E-state index contributed by atoms with van der Waals surface area (Å²) in [6.45, 7) is 8.70. The van der Waals surface area contributed by atoms with Crippen molar-refractivity contribution in [1.29, 1.82) is 0 Å². The summed E-state index contributed by atoms with van der Waals surface area (Å²) in [5.41, 5.74) is 0. The summed E-state index contributed by atoms with van der Waals surface area (Å²) in [7, 11) is -3.06. The maximum atomic E-state index is 12.7. The standard InChI is InChI=1S/C44H88O6Si/c1-5-8-11-14-16-18-20-22-24-26-28-30-32-34-37-40-43(45)48-51(50-47-42(4)39-36-13-10-7-3)49-44(46)41-38-35-33-31-29-27-25-23-21-19-17-15-12-9-6-2/h42,51H,5-41H2,1-4H3. The highest BCUT2D eigenvalue weighted by Crippen LogP contribution is 2.16. The SMILES string of the molecule is CCCCCCCCCCCCCCCCCC(=O)O[SiH](OOC(C)CCCCCC)OC(=O)CCCCCCCCCCCCCCCCC. The van der Waals surface area contributed by atoms with Crippen LogP contribution in [0.3, 0.4) is 0 Å². The Labute approximate surface area is 319 Å². The highest BCUT2D eigenvalue weighted by Gasteiger charge is 2.27. The Morgan fingerprint density at radius 1 is 0.392 bits per heavy atom. The molecule has 0 fully saturated rings. The molecule has 0 rings (SSSR count). The lowest BCUT2D eigenvalue weighted by Crippen LogP contribution is -2.34. The fourth-order valence-corrected chi connectivity index (χ4v) is 7.80. The van der Waals surface area contributed by atoms with Crippen molar-refractivity contribution < 1.29 is 27.9 Å². The van der Waals surface area contributed by atoms with Crippen molar-refractivity contribution in [1.82, 2.24) is 0 Å². The maximum Gasteiger partial charge on any atom is 0.647 e. The summed E-state index contributed by atoms with van der Waals surface area (Å²) in [5, 5.41) is 0. The van der Waals surface area contributed by atoms with Gasteiger partial charge < -0.3 is 8.85 Å². The van der Waals surface area contributed by atoms with E-state index in [-0.39, 0.29) is 18.0 Å². The molecule has 0 spiro atoms. The summed E-state index contributed by atoms with van der Waals surface area (Å²) in [4.78, 5) is 30.9. The summed E-state index contributed by atoms with van der Waals surface area (Å²) in [6.07, 6.45) is 44.5. The molecule has 0 N–H and O–H groups in total. The Morgan fingerprint density at radius 2 is 0.647 bits per heavy atom. The van der Waals surface area contributed by atoms with Gasteiger partial charge in [0.15, 0.2) is 0 Å². The van der Waals surface area contributed by atoms with Crippen LogP contribution in [-0.4, -0.2) is 27.6 Å². The Bertz CT molecular complexity index is 672. The first-order valence-corrected chi connectivity index (χ1v) is 24.2. The minimum Gasteiger partial charge on any atom is -0.465 e. The van der Waals surface area contributed by atoms with Crippen molar-refractivity contribution >= 4 is 21.5 Å². The topological polar surface area (TPSA) is 71.1 Å². The summed E-state index contributed by atoms with van der Waals surface area (Å²) in [5.74, 6) is -0.694. The van der Waals surface area contributed by atoms with E-state index < -0.39 is 9.53 Å². The van der Waals surface area contributed by atoms with Crippen LogP contribution in [0.15, 0.2) is 0 Å². The van der Waals surface area contributed by atoms with Crippen LogP contribution in [0.25, 0.3) is 0 Å². The van der Waals surface area contributed by atoms with E-state index in [1.54, 1.807) is 0 Å². The van der Waals surface area contributed by atoms with E-state index in [1.807, 2.05) is 6.92 Å². The Balaban J connectivity index is 4.13. The van der Waals surface area contributed by atoms with Crippen LogP contribution < -0.4 is 0 Å². The van der Waals surface area contributed by atoms with Gasteiger partial charge in [0.2, 0.25) is 0 Å². The van der Waals surface area contributed by atoms with Gasteiger partial charge in [0, 0.05) is 12.8 Å². The van der Waals surface area contributed by atoms with E-state index in [2.05, 4.69) is 20.8 Å². The largest absolute Gasteiger partial charge is 0.647 e. The smallest absolute Gasteiger partial charge is 0.465 e. The molecule has 51 heavy (non-hydrogen) atoms. The number of unbranched alkanes of at least 4 members (excludes halogenated alkanes) is 31. The van der Waals surface area contributed by atoms with Crippen LogP contribution >= 0.6 is 0 Å². The van der Waals surface area contributed by atoms with E-state index in [9.17, 15) is 9.59 Å². The molecule has 0 aromatic rings. The average molecular weight is 741 g/mol. The fraction of sp³-hybridized carbons (Fsp3) is 0.955. The van der Waals surface area contributed by atoms with Gasteiger partial charge >= 0.3 is 9.53 Å². The Hall–Kier alpha value is -0.923. The monoisotopic (exact) mass is 741 g/mol. The molecule has 0 heterocycles. The number of rotatable bonds is 42. The normalized spacial score (nSPS) is 12.1. The molecule has 0 aromatic heterocycles. The number of hydrogen-bond donors (Lipinski definition) is 0. The van der Waals surface area contributed by atoms with Crippen LogP contribution in [0.4, 0.5) is 0 Å². The Kier molecular flexibility index (Phi) is 41.1. The zero-order valence-electron chi connectivity index (χ0n) is 34.8. The second kappa shape index (κ2) is 41.8.